The van der Waals surface area contributed by atoms with E-state index in [0.717, 1.165) is 50.6 Å². The van der Waals surface area contributed by atoms with Crippen LogP contribution in [0.4, 0.5) is 10.6 Å². The van der Waals surface area contributed by atoms with Crippen LogP contribution in [0.3, 0.4) is 0 Å². The first-order chi connectivity index (χ1) is 13.6. The summed E-state index contributed by atoms with van der Waals surface area (Å²) in [5, 5.41) is 5.10. The Labute approximate surface area is 175 Å². The van der Waals surface area contributed by atoms with Crippen molar-refractivity contribution in [2.75, 3.05) is 37.2 Å². The van der Waals surface area contributed by atoms with Crippen molar-refractivity contribution in [2.24, 2.45) is 5.41 Å². The lowest BCUT2D eigenvalue weighted by Crippen LogP contribution is -2.45. The molecule has 0 saturated carbocycles. The van der Waals surface area contributed by atoms with Gasteiger partial charge in [0.1, 0.15) is 0 Å². The molecule has 1 N–H and O–H groups in total. The number of likely N-dealkylation sites (tertiary alicyclic amines) is 2. The first-order valence-electron chi connectivity index (χ1n) is 9.68. The average molecular weight is 420 g/mol. The summed E-state index contributed by atoms with van der Waals surface area (Å²) >= 11 is 7.59. The van der Waals surface area contributed by atoms with Gasteiger partial charge < -0.3 is 9.62 Å². The van der Waals surface area contributed by atoms with E-state index >= 15 is 0 Å². The lowest BCUT2D eigenvalue weighted by molar-refractivity contribution is 0.118. The Kier molecular flexibility index (Phi) is 5.85. The lowest BCUT2D eigenvalue weighted by Gasteiger charge is -2.39. The molecule has 1 amide bonds. The van der Waals surface area contributed by atoms with E-state index < -0.39 is 0 Å². The predicted octanol–water partition coefficient (Wildman–Crippen LogP) is 4.18. The number of hydrogen-bond acceptors (Lipinski definition) is 5. The standard InChI is InChI=1S/C20H26ClN5OS/c1-28-23-18-5-9-26(22-18)19(27)25-11-7-20(8-12-25)6-10-24(15-20)14-16-3-2-4-17(21)13-16/h2-5,9,13H,6-8,10-12,14-15H2,1H3,(H,22,23). The molecule has 4 rings (SSSR count). The Balaban J connectivity index is 1.31. The highest BCUT2D eigenvalue weighted by atomic mass is 35.5. The largest absolute Gasteiger partial charge is 0.344 e. The summed E-state index contributed by atoms with van der Waals surface area (Å²) in [4.78, 5) is 17.2. The lowest BCUT2D eigenvalue weighted by atomic mass is 9.78. The number of amides is 1. The molecule has 2 fully saturated rings. The topological polar surface area (TPSA) is 53.4 Å². The van der Waals surface area contributed by atoms with Gasteiger partial charge in [-0.25, -0.2) is 4.79 Å². The fraction of sp³-hybridized carbons (Fsp3) is 0.500. The second-order valence-electron chi connectivity index (χ2n) is 7.81. The highest BCUT2D eigenvalue weighted by molar-refractivity contribution is 7.99. The Morgan fingerprint density at radius 3 is 2.79 bits per heavy atom. The minimum absolute atomic E-state index is 0.0298. The zero-order valence-corrected chi connectivity index (χ0v) is 17.7. The van der Waals surface area contributed by atoms with Crippen LogP contribution in [0.1, 0.15) is 24.8 Å². The quantitative estimate of drug-likeness (QED) is 0.753. The SMILES string of the molecule is CSNc1ccn(C(=O)N2CCC3(CCN(Cc4cccc(Cl)c4)C3)CC2)n1. The van der Waals surface area contributed by atoms with Crippen LogP contribution in [-0.4, -0.2) is 58.0 Å². The van der Waals surface area contributed by atoms with Crippen LogP contribution >= 0.6 is 23.5 Å². The van der Waals surface area contributed by atoms with E-state index in [-0.39, 0.29) is 6.03 Å². The minimum Gasteiger partial charge on any atom is -0.323 e. The molecular formula is C20H26ClN5OS. The number of carbonyl (C=O) groups is 1. The van der Waals surface area contributed by atoms with E-state index in [1.54, 1.807) is 6.20 Å². The van der Waals surface area contributed by atoms with Crippen molar-refractivity contribution >= 4 is 35.4 Å². The Morgan fingerprint density at radius 1 is 1.25 bits per heavy atom. The molecule has 0 atom stereocenters. The molecule has 28 heavy (non-hydrogen) atoms. The van der Waals surface area contributed by atoms with Crippen molar-refractivity contribution in [1.29, 1.82) is 0 Å². The van der Waals surface area contributed by atoms with E-state index in [0.29, 0.717) is 11.2 Å². The van der Waals surface area contributed by atoms with Gasteiger partial charge in [0.05, 0.1) is 0 Å². The number of rotatable bonds is 4. The molecule has 1 aromatic heterocycles. The van der Waals surface area contributed by atoms with Gasteiger partial charge in [-0.1, -0.05) is 35.7 Å². The molecule has 6 nitrogen and oxygen atoms in total. The number of nitrogens with one attached hydrogen (secondary N) is 1. The van der Waals surface area contributed by atoms with E-state index in [2.05, 4.69) is 26.9 Å². The average Bonchev–Trinajstić information content (AvgIpc) is 3.30. The third kappa shape index (κ3) is 4.31. The number of benzene rings is 1. The molecule has 2 aromatic rings. The van der Waals surface area contributed by atoms with Gasteiger partial charge in [-0.05, 0) is 48.9 Å². The molecule has 150 valence electrons. The van der Waals surface area contributed by atoms with E-state index in [1.807, 2.05) is 29.4 Å². The number of anilines is 1. The molecule has 0 unspecified atom stereocenters. The number of nitrogens with zero attached hydrogens (tertiary/aromatic N) is 4. The third-order valence-corrected chi connectivity index (χ3v) is 6.55. The molecular weight excluding hydrogens is 394 g/mol. The highest BCUT2D eigenvalue weighted by Crippen LogP contribution is 2.41. The zero-order chi connectivity index (χ0) is 19.6. The van der Waals surface area contributed by atoms with Crippen LogP contribution < -0.4 is 4.72 Å². The summed E-state index contributed by atoms with van der Waals surface area (Å²) in [5.74, 6) is 0.710. The number of halogens is 1. The fourth-order valence-corrected chi connectivity index (χ4v) is 4.90. The number of piperidine rings is 1. The van der Waals surface area contributed by atoms with Gasteiger partial charge in [0.2, 0.25) is 0 Å². The van der Waals surface area contributed by atoms with Crippen molar-refractivity contribution in [2.45, 2.75) is 25.8 Å². The Bertz CT molecular complexity index is 834. The van der Waals surface area contributed by atoms with Crippen molar-refractivity contribution in [3.05, 3.63) is 47.1 Å². The minimum atomic E-state index is -0.0298. The number of carbonyl (C=O) groups excluding carboxylic acids is 1. The van der Waals surface area contributed by atoms with Crippen LogP contribution in [0.2, 0.25) is 5.02 Å². The number of aromatic nitrogens is 2. The van der Waals surface area contributed by atoms with Gasteiger partial charge >= 0.3 is 6.03 Å². The summed E-state index contributed by atoms with van der Waals surface area (Å²) < 4.78 is 4.49. The van der Waals surface area contributed by atoms with Gasteiger partial charge in [-0.3, -0.25) is 4.90 Å². The Morgan fingerprint density at radius 2 is 2.04 bits per heavy atom. The van der Waals surface area contributed by atoms with Crippen LogP contribution in [0.15, 0.2) is 36.5 Å². The molecule has 0 aliphatic carbocycles. The summed E-state index contributed by atoms with van der Waals surface area (Å²) in [6, 6.07) is 9.93. The Hall–Kier alpha value is -1.70. The summed E-state index contributed by atoms with van der Waals surface area (Å²) in [6.07, 6.45) is 6.98. The normalized spacial score (nSPS) is 19.3. The number of hydrogen-bond donors (Lipinski definition) is 1. The molecule has 1 spiro atoms. The molecule has 8 heteroatoms. The maximum Gasteiger partial charge on any atom is 0.344 e. The van der Waals surface area contributed by atoms with Crippen molar-refractivity contribution in [3.63, 3.8) is 0 Å². The van der Waals surface area contributed by atoms with Gasteiger partial charge in [0, 0.05) is 49.7 Å². The van der Waals surface area contributed by atoms with Crippen molar-refractivity contribution < 1.29 is 4.79 Å². The van der Waals surface area contributed by atoms with Crippen LogP contribution in [0.25, 0.3) is 0 Å². The van der Waals surface area contributed by atoms with Crippen LogP contribution in [-0.2, 0) is 6.54 Å². The summed E-state index contributed by atoms with van der Waals surface area (Å²) in [6.45, 7) is 4.77. The van der Waals surface area contributed by atoms with Crippen molar-refractivity contribution in [1.82, 2.24) is 19.6 Å². The maximum atomic E-state index is 12.7. The fourth-order valence-electron chi connectivity index (χ4n) is 4.37. The molecule has 2 saturated heterocycles. The van der Waals surface area contributed by atoms with Crippen molar-refractivity contribution in [3.8, 4) is 0 Å². The van der Waals surface area contributed by atoms with E-state index in [4.69, 9.17) is 11.6 Å². The molecule has 3 heterocycles. The van der Waals surface area contributed by atoms with Crippen LogP contribution in [0.5, 0.6) is 0 Å². The summed E-state index contributed by atoms with van der Waals surface area (Å²) in [7, 11) is 0. The maximum absolute atomic E-state index is 12.7. The highest BCUT2D eigenvalue weighted by Gasteiger charge is 2.41. The van der Waals surface area contributed by atoms with Crippen LogP contribution in [0, 0.1) is 5.41 Å². The second kappa shape index (κ2) is 8.35. The predicted molar refractivity (Wildman–Crippen MR) is 115 cm³/mol. The monoisotopic (exact) mass is 419 g/mol. The first-order valence-corrected chi connectivity index (χ1v) is 11.3. The molecule has 2 aliphatic heterocycles. The van der Waals surface area contributed by atoms with Gasteiger partial charge in [-0.15, -0.1) is 5.10 Å². The third-order valence-electron chi connectivity index (χ3n) is 5.90. The second-order valence-corrected chi connectivity index (χ2v) is 8.86. The zero-order valence-electron chi connectivity index (χ0n) is 16.1. The molecule has 1 aromatic carbocycles. The van der Waals surface area contributed by atoms with Gasteiger partial charge in [0.15, 0.2) is 5.82 Å². The van der Waals surface area contributed by atoms with Gasteiger partial charge in [-0.2, -0.15) is 4.68 Å². The molecule has 0 bridgehead atoms. The molecule has 0 radical (unpaired) electrons. The van der Waals surface area contributed by atoms with Gasteiger partial charge in [0.25, 0.3) is 0 Å². The van der Waals surface area contributed by atoms with E-state index in [9.17, 15) is 4.79 Å². The smallest absolute Gasteiger partial charge is 0.323 e. The molecule has 2 aliphatic rings. The van der Waals surface area contributed by atoms with E-state index in [1.165, 1.54) is 28.6 Å². The summed E-state index contributed by atoms with van der Waals surface area (Å²) in [5.41, 5.74) is 1.61. The first kappa shape index (κ1) is 19.6.